The molecule has 1 aliphatic carbocycles. The van der Waals surface area contributed by atoms with Crippen LogP contribution in [0.3, 0.4) is 0 Å². The second-order valence-corrected chi connectivity index (χ2v) is 8.17. The summed E-state index contributed by atoms with van der Waals surface area (Å²) in [5, 5.41) is 0.708. The van der Waals surface area contributed by atoms with Gasteiger partial charge >= 0.3 is 0 Å². The van der Waals surface area contributed by atoms with E-state index in [2.05, 4.69) is 20.8 Å². The standard InChI is InChI=1S/C18H26Cl2O/c1-18(2,3)13-7-5-12(6-8-13)17(20)15-11-14(19)9-10-16(15)21-4/h9-13,17H,5-8H2,1-4H3. The lowest BCUT2D eigenvalue weighted by Gasteiger charge is -2.38. The number of alkyl halides is 1. The molecule has 1 unspecified atom stereocenters. The summed E-state index contributed by atoms with van der Waals surface area (Å²) in [6.45, 7) is 7.03. The first-order valence-corrected chi connectivity index (χ1v) is 8.62. The number of hydrogen-bond donors (Lipinski definition) is 0. The van der Waals surface area contributed by atoms with Crippen LogP contribution in [-0.4, -0.2) is 7.11 Å². The zero-order chi connectivity index (χ0) is 15.6. The van der Waals surface area contributed by atoms with Crippen LogP contribution in [0, 0.1) is 17.3 Å². The van der Waals surface area contributed by atoms with Crippen LogP contribution in [0.2, 0.25) is 5.02 Å². The number of methoxy groups -OCH3 is 1. The molecule has 0 amide bonds. The van der Waals surface area contributed by atoms with E-state index >= 15 is 0 Å². The SMILES string of the molecule is COc1ccc(Cl)cc1C(Cl)C1CCC(C(C)(C)C)CC1. The third-order valence-electron chi connectivity index (χ3n) is 4.90. The largest absolute Gasteiger partial charge is 0.496 e. The lowest BCUT2D eigenvalue weighted by molar-refractivity contribution is 0.148. The first-order valence-electron chi connectivity index (χ1n) is 7.80. The maximum absolute atomic E-state index is 6.76. The molecule has 0 N–H and O–H groups in total. The Hall–Kier alpha value is -0.400. The van der Waals surface area contributed by atoms with E-state index in [-0.39, 0.29) is 5.38 Å². The van der Waals surface area contributed by atoms with Crippen LogP contribution >= 0.6 is 23.2 Å². The third kappa shape index (κ3) is 4.07. The van der Waals surface area contributed by atoms with Crippen LogP contribution < -0.4 is 4.74 Å². The zero-order valence-electron chi connectivity index (χ0n) is 13.5. The highest BCUT2D eigenvalue weighted by atomic mass is 35.5. The molecule has 0 radical (unpaired) electrons. The Morgan fingerprint density at radius 1 is 1.14 bits per heavy atom. The number of hydrogen-bond acceptors (Lipinski definition) is 1. The van der Waals surface area contributed by atoms with E-state index in [0.29, 0.717) is 11.3 Å². The summed E-state index contributed by atoms with van der Waals surface area (Å²) in [5.74, 6) is 2.16. The maximum Gasteiger partial charge on any atom is 0.123 e. The van der Waals surface area contributed by atoms with Crippen molar-refractivity contribution >= 4 is 23.2 Å². The van der Waals surface area contributed by atoms with Crippen molar-refractivity contribution in [1.82, 2.24) is 0 Å². The summed E-state index contributed by atoms with van der Waals surface area (Å²) < 4.78 is 5.44. The summed E-state index contributed by atoms with van der Waals surface area (Å²) in [6.07, 6.45) is 4.90. The summed E-state index contributed by atoms with van der Waals surface area (Å²) in [5.41, 5.74) is 1.44. The smallest absolute Gasteiger partial charge is 0.123 e. The molecule has 3 heteroatoms. The number of ether oxygens (including phenoxy) is 1. The first kappa shape index (κ1) is 17.0. The molecule has 21 heavy (non-hydrogen) atoms. The lowest BCUT2D eigenvalue weighted by Crippen LogP contribution is -2.27. The van der Waals surface area contributed by atoms with Gasteiger partial charge in [0.2, 0.25) is 0 Å². The van der Waals surface area contributed by atoms with Crippen LogP contribution in [0.15, 0.2) is 18.2 Å². The highest BCUT2D eigenvalue weighted by Crippen LogP contribution is 2.47. The predicted molar refractivity (Wildman–Crippen MR) is 91.5 cm³/mol. The highest BCUT2D eigenvalue weighted by molar-refractivity contribution is 6.31. The Labute approximate surface area is 139 Å². The van der Waals surface area contributed by atoms with E-state index in [1.54, 1.807) is 7.11 Å². The van der Waals surface area contributed by atoms with E-state index in [9.17, 15) is 0 Å². The van der Waals surface area contributed by atoms with E-state index in [1.807, 2.05) is 18.2 Å². The molecule has 1 saturated carbocycles. The molecular weight excluding hydrogens is 303 g/mol. The van der Waals surface area contributed by atoms with Gasteiger partial charge in [0.05, 0.1) is 12.5 Å². The van der Waals surface area contributed by atoms with Crippen molar-refractivity contribution in [3.8, 4) is 5.75 Å². The number of halogens is 2. The van der Waals surface area contributed by atoms with Crippen molar-refractivity contribution in [2.45, 2.75) is 51.8 Å². The Morgan fingerprint density at radius 3 is 2.29 bits per heavy atom. The molecule has 1 nitrogen and oxygen atoms in total. The molecule has 1 aliphatic rings. The predicted octanol–water partition coefficient (Wildman–Crippen LogP) is 6.48. The molecule has 0 bridgehead atoms. The summed E-state index contributed by atoms with van der Waals surface area (Å²) in [4.78, 5) is 0. The van der Waals surface area contributed by atoms with Crippen molar-refractivity contribution in [2.24, 2.45) is 17.3 Å². The van der Waals surface area contributed by atoms with Crippen molar-refractivity contribution in [1.29, 1.82) is 0 Å². The van der Waals surface area contributed by atoms with Crippen LogP contribution in [0.5, 0.6) is 5.75 Å². The fraction of sp³-hybridized carbons (Fsp3) is 0.667. The fourth-order valence-corrected chi connectivity index (χ4v) is 4.06. The van der Waals surface area contributed by atoms with Gasteiger partial charge in [0.1, 0.15) is 5.75 Å². The highest BCUT2D eigenvalue weighted by Gasteiger charge is 2.33. The van der Waals surface area contributed by atoms with E-state index in [0.717, 1.165) is 22.3 Å². The van der Waals surface area contributed by atoms with Crippen molar-refractivity contribution in [3.63, 3.8) is 0 Å². The van der Waals surface area contributed by atoms with Gasteiger partial charge < -0.3 is 4.74 Å². The number of rotatable bonds is 3. The molecule has 0 saturated heterocycles. The summed E-state index contributed by atoms with van der Waals surface area (Å²) in [7, 11) is 1.69. The summed E-state index contributed by atoms with van der Waals surface area (Å²) >= 11 is 12.9. The molecule has 1 aromatic rings. The Bertz CT molecular complexity index is 471. The quantitative estimate of drug-likeness (QED) is 0.577. The average Bonchev–Trinajstić information content (AvgIpc) is 2.45. The van der Waals surface area contributed by atoms with Crippen molar-refractivity contribution in [3.05, 3.63) is 28.8 Å². The van der Waals surface area contributed by atoms with Gasteiger partial charge in [-0.25, -0.2) is 0 Å². The Morgan fingerprint density at radius 2 is 1.76 bits per heavy atom. The van der Waals surface area contributed by atoms with Gasteiger partial charge in [0.25, 0.3) is 0 Å². The van der Waals surface area contributed by atoms with E-state index < -0.39 is 0 Å². The molecule has 0 spiro atoms. The minimum absolute atomic E-state index is 0.0143. The summed E-state index contributed by atoms with van der Waals surface area (Å²) in [6, 6.07) is 5.71. The van der Waals surface area contributed by atoms with Gasteiger partial charge in [-0.3, -0.25) is 0 Å². The van der Waals surface area contributed by atoms with Crippen molar-refractivity contribution in [2.75, 3.05) is 7.11 Å². The minimum Gasteiger partial charge on any atom is -0.496 e. The molecular formula is C18H26Cl2O. The third-order valence-corrected chi connectivity index (χ3v) is 5.73. The van der Waals surface area contributed by atoms with Gasteiger partial charge in [-0.05, 0) is 61.1 Å². The van der Waals surface area contributed by atoms with Gasteiger partial charge in [0.15, 0.2) is 0 Å². The monoisotopic (exact) mass is 328 g/mol. The van der Waals surface area contributed by atoms with E-state index in [4.69, 9.17) is 27.9 Å². The second-order valence-electron chi connectivity index (χ2n) is 7.27. The van der Waals surface area contributed by atoms with E-state index in [1.165, 1.54) is 25.7 Å². The van der Waals surface area contributed by atoms with Crippen LogP contribution in [0.1, 0.15) is 57.4 Å². The van der Waals surface area contributed by atoms with Crippen molar-refractivity contribution < 1.29 is 4.74 Å². The Balaban J connectivity index is 2.08. The van der Waals surface area contributed by atoms with Crippen LogP contribution in [0.4, 0.5) is 0 Å². The molecule has 1 aromatic carbocycles. The molecule has 0 aliphatic heterocycles. The molecule has 1 atom stereocenters. The van der Waals surface area contributed by atoms with Gasteiger partial charge in [-0.2, -0.15) is 0 Å². The molecule has 1 fully saturated rings. The van der Waals surface area contributed by atoms with Crippen LogP contribution in [0.25, 0.3) is 0 Å². The minimum atomic E-state index is -0.0143. The maximum atomic E-state index is 6.76. The first-order chi connectivity index (χ1) is 9.82. The normalized spacial score (nSPS) is 24.7. The average molecular weight is 329 g/mol. The fourth-order valence-electron chi connectivity index (χ4n) is 3.45. The van der Waals surface area contributed by atoms with Gasteiger partial charge in [0, 0.05) is 10.6 Å². The molecule has 2 rings (SSSR count). The topological polar surface area (TPSA) is 9.23 Å². The molecule has 0 aromatic heterocycles. The second kappa shape index (κ2) is 6.79. The lowest BCUT2D eigenvalue weighted by atomic mass is 9.69. The van der Waals surface area contributed by atoms with Crippen LogP contribution in [-0.2, 0) is 0 Å². The van der Waals surface area contributed by atoms with Gasteiger partial charge in [-0.15, -0.1) is 11.6 Å². The molecule has 118 valence electrons. The number of benzene rings is 1. The molecule has 0 heterocycles. The Kier molecular flexibility index (Phi) is 5.48. The zero-order valence-corrected chi connectivity index (χ0v) is 15.0. The van der Waals surface area contributed by atoms with Gasteiger partial charge in [-0.1, -0.05) is 32.4 Å².